The van der Waals surface area contributed by atoms with Crippen LogP contribution in [0.1, 0.15) is 17.6 Å². The van der Waals surface area contributed by atoms with Crippen molar-refractivity contribution in [3.05, 3.63) is 29.1 Å². The standard InChI is InChI=1S/C8H5F4NO2/c9-6-3(1-4(14)15)2-13-8(12)5(6)7(10)11/h2,7H,1H2,(H,14,15). The molecule has 1 heterocycles. The Morgan fingerprint density at radius 3 is 2.53 bits per heavy atom. The van der Waals surface area contributed by atoms with Crippen molar-refractivity contribution in [2.24, 2.45) is 0 Å². The zero-order valence-corrected chi connectivity index (χ0v) is 7.18. The van der Waals surface area contributed by atoms with Gasteiger partial charge in [0.05, 0.1) is 6.42 Å². The molecule has 0 saturated carbocycles. The topological polar surface area (TPSA) is 50.2 Å². The molecular weight excluding hydrogens is 218 g/mol. The van der Waals surface area contributed by atoms with Crippen molar-refractivity contribution in [3.8, 4) is 0 Å². The van der Waals surface area contributed by atoms with Crippen LogP contribution >= 0.6 is 0 Å². The smallest absolute Gasteiger partial charge is 0.307 e. The van der Waals surface area contributed by atoms with E-state index >= 15 is 0 Å². The van der Waals surface area contributed by atoms with E-state index in [9.17, 15) is 22.4 Å². The van der Waals surface area contributed by atoms with Crippen molar-refractivity contribution >= 4 is 5.97 Å². The Bertz CT molecular complexity index is 394. The number of aromatic nitrogens is 1. The zero-order valence-electron chi connectivity index (χ0n) is 7.18. The van der Waals surface area contributed by atoms with E-state index in [0.29, 0.717) is 6.20 Å². The third-order valence-corrected chi connectivity index (χ3v) is 1.63. The maximum atomic E-state index is 13.1. The van der Waals surface area contributed by atoms with Crippen molar-refractivity contribution in [1.82, 2.24) is 4.98 Å². The van der Waals surface area contributed by atoms with Gasteiger partial charge < -0.3 is 5.11 Å². The molecule has 15 heavy (non-hydrogen) atoms. The van der Waals surface area contributed by atoms with Gasteiger partial charge in [-0.05, 0) is 0 Å². The first-order chi connectivity index (χ1) is 6.93. The number of carbonyl (C=O) groups is 1. The molecule has 0 aliphatic rings. The first-order valence-electron chi connectivity index (χ1n) is 3.76. The lowest BCUT2D eigenvalue weighted by Crippen LogP contribution is -2.08. The van der Waals surface area contributed by atoms with Crippen molar-refractivity contribution in [3.63, 3.8) is 0 Å². The number of halogens is 4. The predicted molar refractivity (Wildman–Crippen MR) is 40.4 cm³/mol. The molecule has 0 aromatic carbocycles. The zero-order chi connectivity index (χ0) is 11.6. The van der Waals surface area contributed by atoms with E-state index < -0.39 is 41.7 Å². The molecule has 1 N–H and O–H groups in total. The van der Waals surface area contributed by atoms with Crippen LogP contribution in [0, 0.1) is 11.8 Å². The molecule has 0 amide bonds. The third-order valence-electron chi connectivity index (χ3n) is 1.63. The first-order valence-corrected chi connectivity index (χ1v) is 3.76. The molecule has 0 aliphatic heterocycles. The summed E-state index contributed by atoms with van der Waals surface area (Å²) in [5.41, 5.74) is -2.06. The molecule has 0 unspecified atom stereocenters. The SMILES string of the molecule is O=C(O)Cc1cnc(F)c(C(F)F)c1F. The third kappa shape index (κ3) is 2.42. The average molecular weight is 223 g/mol. The van der Waals surface area contributed by atoms with E-state index in [0.717, 1.165) is 0 Å². The molecule has 0 bridgehead atoms. The summed E-state index contributed by atoms with van der Waals surface area (Å²) in [5, 5.41) is 8.31. The van der Waals surface area contributed by atoms with E-state index in [1.807, 2.05) is 0 Å². The Labute approximate surface area is 81.4 Å². The summed E-state index contributed by atoms with van der Waals surface area (Å²) in [6.07, 6.45) is -3.60. The van der Waals surface area contributed by atoms with E-state index in [1.54, 1.807) is 0 Å². The Hall–Kier alpha value is -1.66. The number of aliphatic carboxylic acids is 1. The second-order valence-corrected chi connectivity index (χ2v) is 2.67. The van der Waals surface area contributed by atoms with Crippen molar-refractivity contribution in [2.75, 3.05) is 0 Å². The minimum atomic E-state index is -3.37. The molecule has 0 atom stereocenters. The molecule has 1 aromatic heterocycles. The summed E-state index contributed by atoms with van der Waals surface area (Å²) >= 11 is 0. The van der Waals surface area contributed by atoms with Gasteiger partial charge in [-0.15, -0.1) is 0 Å². The summed E-state index contributed by atoms with van der Waals surface area (Å²) in [6, 6.07) is 0. The van der Waals surface area contributed by atoms with Gasteiger partial charge in [0.25, 0.3) is 6.43 Å². The van der Waals surface area contributed by atoms with Gasteiger partial charge in [0.1, 0.15) is 11.4 Å². The van der Waals surface area contributed by atoms with Crippen LogP contribution in [-0.2, 0) is 11.2 Å². The number of carboxylic acid groups (broad SMARTS) is 1. The molecule has 3 nitrogen and oxygen atoms in total. The van der Waals surface area contributed by atoms with Crippen molar-refractivity contribution in [1.29, 1.82) is 0 Å². The number of carboxylic acids is 1. The van der Waals surface area contributed by atoms with Crippen LogP contribution in [0.15, 0.2) is 6.20 Å². The fourth-order valence-corrected chi connectivity index (χ4v) is 0.996. The highest BCUT2D eigenvalue weighted by Gasteiger charge is 2.23. The van der Waals surface area contributed by atoms with Gasteiger partial charge in [-0.1, -0.05) is 0 Å². The van der Waals surface area contributed by atoms with Crippen molar-refractivity contribution in [2.45, 2.75) is 12.8 Å². The molecule has 0 aliphatic carbocycles. The minimum absolute atomic E-state index is 0.570. The predicted octanol–water partition coefficient (Wildman–Crippen LogP) is 1.92. The van der Waals surface area contributed by atoms with Crippen LogP contribution < -0.4 is 0 Å². The first kappa shape index (κ1) is 11.4. The quantitative estimate of drug-likeness (QED) is 0.629. The van der Waals surface area contributed by atoms with Gasteiger partial charge in [0.15, 0.2) is 0 Å². The van der Waals surface area contributed by atoms with Crippen LogP contribution in [0.25, 0.3) is 0 Å². The van der Waals surface area contributed by atoms with Crippen LogP contribution in [0.3, 0.4) is 0 Å². The minimum Gasteiger partial charge on any atom is -0.481 e. The lowest BCUT2D eigenvalue weighted by atomic mass is 10.1. The lowest BCUT2D eigenvalue weighted by molar-refractivity contribution is -0.136. The largest absolute Gasteiger partial charge is 0.481 e. The van der Waals surface area contributed by atoms with Gasteiger partial charge >= 0.3 is 5.97 Å². The Morgan fingerprint density at radius 2 is 2.07 bits per heavy atom. The highest BCUT2D eigenvalue weighted by Crippen LogP contribution is 2.25. The monoisotopic (exact) mass is 223 g/mol. The molecule has 0 spiro atoms. The highest BCUT2D eigenvalue weighted by atomic mass is 19.3. The summed E-state index contributed by atoms with van der Waals surface area (Å²) in [5.74, 6) is -4.60. The Morgan fingerprint density at radius 1 is 1.47 bits per heavy atom. The fourth-order valence-electron chi connectivity index (χ4n) is 0.996. The maximum absolute atomic E-state index is 13.1. The molecule has 7 heteroatoms. The fraction of sp³-hybridized carbons (Fsp3) is 0.250. The summed E-state index contributed by atoms with van der Waals surface area (Å²) in [7, 11) is 0. The number of hydrogen-bond donors (Lipinski definition) is 1. The number of nitrogens with zero attached hydrogens (tertiary/aromatic N) is 1. The van der Waals surface area contributed by atoms with Gasteiger partial charge in [-0.3, -0.25) is 4.79 Å². The number of alkyl halides is 2. The summed E-state index contributed by atoms with van der Waals surface area (Å²) < 4.78 is 50.0. The highest BCUT2D eigenvalue weighted by molar-refractivity contribution is 5.70. The number of pyridine rings is 1. The molecular formula is C8H5F4NO2. The van der Waals surface area contributed by atoms with Crippen LogP contribution in [0.5, 0.6) is 0 Å². The van der Waals surface area contributed by atoms with Gasteiger partial charge in [0, 0.05) is 11.8 Å². The molecule has 0 radical (unpaired) electrons. The molecule has 1 rings (SSSR count). The van der Waals surface area contributed by atoms with Gasteiger partial charge in [0.2, 0.25) is 5.95 Å². The van der Waals surface area contributed by atoms with Gasteiger partial charge in [-0.25, -0.2) is 18.2 Å². The Kier molecular flexibility index (Phi) is 3.23. The van der Waals surface area contributed by atoms with Crippen molar-refractivity contribution < 1.29 is 27.5 Å². The molecule has 0 saturated heterocycles. The van der Waals surface area contributed by atoms with Crippen LogP contribution in [0.2, 0.25) is 0 Å². The number of hydrogen-bond acceptors (Lipinski definition) is 2. The molecule has 0 fully saturated rings. The summed E-state index contributed by atoms with van der Waals surface area (Å²) in [6.45, 7) is 0. The molecule has 1 aromatic rings. The summed E-state index contributed by atoms with van der Waals surface area (Å²) in [4.78, 5) is 13.1. The number of rotatable bonds is 3. The van der Waals surface area contributed by atoms with Crippen LogP contribution in [-0.4, -0.2) is 16.1 Å². The average Bonchev–Trinajstić information content (AvgIpc) is 2.09. The normalized spacial score (nSPS) is 10.7. The molecule has 82 valence electrons. The van der Waals surface area contributed by atoms with E-state index in [2.05, 4.69) is 4.98 Å². The van der Waals surface area contributed by atoms with Gasteiger partial charge in [-0.2, -0.15) is 4.39 Å². The Balaban J connectivity index is 3.22. The second-order valence-electron chi connectivity index (χ2n) is 2.67. The second kappa shape index (κ2) is 4.24. The maximum Gasteiger partial charge on any atom is 0.307 e. The van der Waals surface area contributed by atoms with Crippen LogP contribution in [0.4, 0.5) is 17.6 Å². The lowest BCUT2D eigenvalue weighted by Gasteiger charge is -2.06. The van der Waals surface area contributed by atoms with E-state index in [-0.39, 0.29) is 0 Å². The van der Waals surface area contributed by atoms with E-state index in [4.69, 9.17) is 5.11 Å². The van der Waals surface area contributed by atoms with E-state index in [1.165, 1.54) is 0 Å².